The van der Waals surface area contributed by atoms with E-state index in [1.54, 1.807) is 18.2 Å². The molecule has 33 heavy (non-hydrogen) atoms. The van der Waals surface area contributed by atoms with Crippen molar-refractivity contribution in [1.82, 2.24) is 5.32 Å². The van der Waals surface area contributed by atoms with Gasteiger partial charge in [0.2, 0.25) is 0 Å². The maximum atomic E-state index is 13.6. The van der Waals surface area contributed by atoms with Crippen molar-refractivity contribution in [2.75, 3.05) is 19.7 Å². The second kappa shape index (κ2) is 9.88. The van der Waals surface area contributed by atoms with Crippen molar-refractivity contribution in [1.29, 1.82) is 0 Å². The smallest absolute Gasteiger partial charge is 0.376 e. The van der Waals surface area contributed by atoms with E-state index >= 15 is 0 Å². The highest BCUT2D eigenvalue weighted by Gasteiger charge is 2.34. The molecule has 4 rings (SSSR count). The summed E-state index contributed by atoms with van der Waals surface area (Å²) in [6, 6.07) is 19.7. The quantitative estimate of drug-likeness (QED) is 0.409. The largest absolute Gasteiger partial charge is 0.416 e. The zero-order valence-corrected chi connectivity index (χ0v) is 19.3. The number of alkyl halides is 3. The van der Waals surface area contributed by atoms with Gasteiger partial charge in [-0.05, 0) is 84.9 Å². The standard InChI is InChI=1S/C27H27ClF3NO/c1-19-7-8-21(16-25(19)28)22-13-20(14-24(15-22)27(29,30)31)17-33-18-26(9-11-32-12-10-26)23-5-3-2-4-6-23/h2-8,13-16,32H,9-12,17-18H2,1H3. The molecule has 0 amide bonds. The fraction of sp³-hybridized carbons (Fsp3) is 0.333. The van der Waals surface area contributed by atoms with Gasteiger partial charge in [0.15, 0.2) is 0 Å². The zero-order valence-electron chi connectivity index (χ0n) is 18.5. The van der Waals surface area contributed by atoms with Crippen LogP contribution in [0.3, 0.4) is 0 Å². The topological polar surface area (TPSA) is 21.3 Å². The van der Waals surface area contributed by atoms with Crippen LogP contribution >= 0.6 is 11.6 Å². The third-order valence-corrected chi connectivity index (χ3v) is 6.83. The van der Waals surface area contributed by atoms with E-state index in [-0.39, 0.29) is 12.0 Å². The molecule has 1 saturated heterocycles. The number of hydrogen-bond donors (Lipinski definition) is 1. The lowest BCUT2D eigenvalue weighted by molar-refractivity contribution is -0.137. The minimum atomic E-state index is -4.44. The molecule has 6 heteroatoms. The van der Waals surface area contributed by atoms with Gasteiger partial charge in [0, 0.05) is 10.4 Å². The van der Waals surface area contributed by atoms with E-state index in [9.17, 15) is 13.2 Å². The van der Waals surface area contributed by atoms with E-state index in [2.05, 4.69) is 17.4 Å². The third kappa shape index (κ3) is 5.60. The van der Waals surface area contributed by atoms with E-state index in [1.165, 1.54) is 17.7 Å². The Kier molecular flexibility index (Phi) is 7.13. The molecule has 3 aromatic carbocycles. The van der Waals surface area contributed by atoms with Gasteiger partial charge in [-0.2, -0.15) is 13.2 Å². The second-order valence-electron chi connectivity index (χ2n) is 8.77. The number of ether oxygens (including phenoxy) is 1. The van der Waals surface area contributed by atoms with Crippen molar-refractivity contribution in [2.24, 2.45) is 0 Å². The molecule has 1 aliphatic heterocycles. The van der Waals surface area contributed by atoms with Crippen molar-refractivity contribution in [2.45, 2.75) is 38.0 Å². The van der Waals surface area contributed by atoms with Crippen LogP contribution in [0.4, 0.5) is 13.2 Å². The average Bonchev–Trinajstić information content (AvgIpc) is 2.81. The number of halogens is 4. The first-order valence-corrected chi connectivity index (χ1v) is 11.5. The SMILES string of the molecule is Cc1ccc(-c2cc(COCC3(c4ccccc4)CCNCC3)cc(C(F)(F)F)c2)cc1Cl. The number of rotatable bonds is 6. The van der Waals surface area contributed by atoms with Crippen LogP contribution in [-0.2, 0) is 22.9 Å². The lowest BCUT2D eigenvalue weighted by atomic mass is 9.74. The van der Waals surface area contributed by atoms with E-state index in [1.807, 2.05) is 31.2 Å². The van der Waals surface area contributed by atoms with Gasteiger partial charge < -0.3 is 10.1 Å². The van der Waals surface area contributed by atoms with Gasteiger partial charge in [-0.25, -0.2) is 0 Å². The molecular formula is C27H27ClF3NO. The number of piperidine rings is 1. The van der Waals surface area contributed by atoms with Crippen molar-refractivity contribution in [3.05, 3.63) is 94.0 Å². The molecule has 1 heterocycles. The highest BCUT2D eigenvalue weighted by molar-refractivity contribution is 6.31. The van der Waals surface area contributed by atoms with Gasteiger partial charge in [0.1, 0.15) is 0 Å². The Balaban J connectivity index is 1.58. The lowest BCUT2D eigenvalue weighted by Gasteiger charge is -2.38. The van der Waals surface area contributed by atoms with Crippen LogP contribution < -0.4 is 5.32 Å². The molecule has 1 aliphatic rings. The van der Waals surface area contributed by atoms with Crippen LogP contribution in [0.1, 0.15) is 35.1 Å². The first-order valence-electron chi connectivity index (χ1n) is 11.1. The molecule has 0 unspecified atom stereocenters. The van der Waals surface area contributed by atoms with Crippen LogP contribution in [-0.4, -0.2) is 19.7 Å². The van der Waals surface area contributed by atoms with Crippen molar-refractivity contribution < 1.29 is 17.9 Å². The van der Waals surface area contributed by atoms with Crippen molar-refractivity contribution in [3.8, 4) is 11.1 Å². The van der Waals surface area contributed by atoms with Crippen LogP contribution in [0.2, 0.25) is 5.02 Å². The van der Waals surface area contributed by atoms with Gasteiger partial charge in [-0.1, -0.05) is 54.1 Å². The normalized spacial score (nSPS) is 16.0. The highest BCUT2D eigenvalue weighted by atomic mass is 35.5. The fourth-order valence-corrected chi connectivity index (χ4v) is 4.64. The monoisotopic (exact) mass is 473 g/mol. The van der Waals surface area contributed by atoms with Crippen LogP contribution in [0, 0.1) is 6.92 Å². The Morgan fingerprint density at radius 1 is 0.939 bits per heavy atom. The van der Waals surface area contributed by atoms with Gasteiger partial charge in [-0.3, -0.25) is 0 Å². The number of nitrogens with one attached hydrogen (secondary N) is 1. The Labute approximate surface area is 197 Å². The third-order valence-electron chi connectivity index (χ3n) is 6.42. The van der Waals surface area contributed by atoms with Crippen LogP contribution in [0.5, 0.6) is 0 Å². The first-order chi connectivity index (χ1) is 15.8. The Morgan fingerprint density at radius 3 is 2.33 bits per heavy atom. The van der Waals surface area contributed by atoms with Gasteiger partial charge in [-0.15, -0.1) is 0 Å². The molecule has 0 saturated carbocycles. The Morgan fingerprint density at radius 2 is 1.67 bits per heavy atom. The summed E-state index contributed by atoms with van der Waals surface area (Å²) in [5.41, 5.74) is 2.89. The molecule has 0 radical (unpaired) electrons. The fourth-order valence-electron chi connectivity index (χ4n) is 4.46. The molecule has 0 aromatic heterocycles. The molecule has 0 atom stereocenters. The average molecular weight is 474 g/mol. The second-order valence-corrected chi connectivity index (χ2v) is 9.18. The molecule has 0 spiro atoms. The molecule has 2 nitrogen and oxygen atoms in total. The molecular weight excluding hydrogens is 447 g/mol. The summed E-state index contributed by atoms with van der Waals surface area (Å²) in [6.07, 6.45) is -2.60. The first kappa shape index (κ1) is 23.8. The van der Waals surface area contributed by atoms with Crippen LogP contribution in [0.15, 0.2) is 66.7 Å². The van der Waals surface area contributed by atoms with E-state index in [0.29, 0.717) is 28.3 Å². The van der Waals surface area contributed by atoms with Crippen LogP contribution in [0.25, 0.3) is 11.1 Å². The Bertz CT molecular complexity index is 1090. The molecule has 3 aromatic rings. The highest BCUT2D eigenvalue weighted by Crippen LogP contribution is 2.36. The van der Waals surface area contributed by atoms with Gasteiger partial charge in [0.05, 0.1) is 18.8 Å². The summed E-state index contributed by atoms with van der Waals surface area (Å²) in [5, 5.41) is 3.91. The summed E-state index contributed by atoms with van der Waals surface area (Å²) in [6.45, 7) is 4.21. The summed E-state index contributed by atoms with van der Waals surface area (Å²) in [4.78, 5) is 0. The summed E-state index contributed by atoms with van der Waals surface area (Å²) in [7, 11) is 0. The molecule has 0 aliphatic carbocycles. The summed E-state index contributed by atoms with van der Waals surface area (Å²) >= 11 is 6.22. The number of benzene rings is 3. The summed E-state index contributed by atoms with van der Waals surface area (Å²) in [5.74, 6) is 0. The minimum Gasteiger partial charge on any atom is -0.376 e. The molecule has 174 valence electrons. The van der Waals surface area contributed by atoms with E-state index in [0.717, 1.165) is 31.5 Å². The zero-order chi connectivity index (χ0) is 23.5. The molecule has 1 fully saturated rings. The van der Waals surface area contributed by atoms with Crippen molar-refractivity contribution in [3.63, 3.8) is 0 Å². The van der Waals surface area contributed by atoms with Gasteiger partial charge >= 0.3 is 6.18 Å². The minimum absolute atomic E-state index is 0.110. The summed E-state index contributed by atoms with van der Waals surface area (Å²) < 4.78 is 47.0. The maximum Gasteiger partial charge on any atom is 0.416 e. The predicted octanol–water partition coefficient (Wildman–Crippen LogP) is 7.17. The molecule has 1 N–H and O–H groups in total. The van der Waals surface area contributed by atoms with E-state index in [4.69, 9.17) is 16.3 Å². The number of hydrogen-bond acceptors (Lipinski definition) is 2. The Hall–Kier alpha value is -2.34. The molecule has 0 bridgehead atoms. The predicted molar refractivity (Wildman–Crippen MR) is 127 cm³/mol. The number of aryl methyl sites for hydroxylation is 1. The van der Waals surface area contributed by atoms with Crippen molar-refractivity contribution >= 4 is 11.6 Å². The maximum absolute atomic E-state index is 13.6. The van der Waals surface area contributed by atoms with Gasteiger partial charge in [0.25, 0.3) is 0 Å². The van der Waals surface area contributed by atoms with E-state index < -0.39 is 11.7 Å². The lowest BCUT2D eigenvalue weighted by Crippen LogP contribution is -2.43.